The molecule has 174 valence electrons. The SMILES string of the molecule is O=S(=O)([O-])O[C@H]1[C@H](O)[C@@H](O)[C@H](Oc2cc(O)cc(/C=C\c3ccc(O)cc3)c2)O[C@@H]1CO. The molecule has 32 heavy (non-hydrogen) atoms. The highest BCUT2D eigenvalue weighted by atomic mass is 32.3. The van der Waals surface area contributed by atoms with Gasteiger partial charge in [-0.2, -0.15) is 0 Å². The third kappa shape index (κ3) is 6.17. The molecule has 0 aromatic heterocycles. The predicted octanol–water partition coefficient (Wildman–Crippen LogP) is -0.0686. The highest BCUT2D eigenvalue weighted by molar-refractivity contribution is 7.80. The molecule has 1 aliphatic rings. The van der Waals surface area contributed by atoms with Gasteiger partial charge in [0.25, 0.3) is 0 Å². The molecule has 0 aliphatic carbocycles. The van der Waals surface area contributed by atoms with Gasteiger partial charge in [0.1, 0.15) is 41.7 Å². The van der Waals surface area contributed by atoms with Gasteiger partial charge in [-0.25, -0.2) is 8.42 Å². The first-order chi connectivity index (χ1) is 15.1. The lowest BCUT2D eigenvalue weighted by atomic mass is 9.99. The number of rotatable bonds is 7. The Morgan fingerprint density at radius 3 is 2.25 bits per heavy atom. The van der Waals surface area contributed by atoms with Crippen LogP contribution in [0.5, 0.6) is 17.2 Å². The summed E-state index contributed by atoms with van der Waals surface area (Å²) in [6.45, 7) is -0.843. The molecule has 0 radical (unpaired) electrons. The normalized spacial score (nSPS) is 26.3. The van der Waals surface area contributed by atoms with Crippen LogP contribution in [0.3, 0.4) is 0 Å². The van der Waals surface area contributed by atoms with Crippen LogP contribution in [-0.2, 0) is 19.3 Å². The van der Waals surface area contributed by atoms with Crippen LogP contribution in [0.15, 0.2) is 42.5 Å². The first-order valence-corrected chi connectivity index (χ1v) is 10.6. The number of hydrogen-bond donors (Lipinski definition) is 5. The van der Waals surface area contributed by atoms with Crippen LogP contribution in [-0.4, -0.2) is 75.8 Å². The van der Waals surface area contributed by atoms with Gasteiger partial charge >= 0.3 is 0 Å². The van der Waals surface area contributed by atoms with Crippen LogP contribution in [0.4, 0.5) is 0 Å². The van der Waals surface area contributed by atoms with Crippen LogP contribution in [0.1, 0.15) is 11.1 Å². The van der Waals surface area contributed by atoms with E-state index in [2.05, 4.69) is 4.18 Å². The molecule has 3 rings (SSSR count). The summed E-state index contributed by atoms with van der Waals surface area (Å²) in [4.78, 5) is 0. The van der Waals surface area contributed by atoms with Crippen molar-refractivity contribution in [1.29, 1.82) is 0 Å². The van der Waals surface area contributed by atoms with Crippen molar-refractivity contribution >= 4 is 22.6 Å². The topological polar surface area (TPSA) is 186 Å². The zero-order valence-electron chi connectivity index (χ0n) is 16.4. The number of aliphatic hydroxyl groups is 3. The molecule has 1 saturated heterocycles. The lowest BCUT2D eigenvalue weighted by Crippen LogP contribution is -2.61. The predicted molar refractivity (Wildman–Crippen MR) is 108 cm³/mol. The van der Waals surface area contributed by atoms with Crippen LogP contribution in [0.25, 0.3) is 12.2 Å². The maximum absolute atomic E-state index is 10.9. The van der Waals surface area contributed by atoms with E-state index in [1.165, 1.54) is 30.3 Å². The Morgan fingerprint density at radius 2 is 1.62 bits per heavy atom. The van der Waals surface area contributed by atoms with Crippen molar-refractivity contribution < 1.29 is 52.2 Å². The zero-order chi connectivity index (χ0) is 23.5. The van der Waals surface area contributed by atoms with E-state index in [4.69, 9.17) is 9.47 Å². The summed E-state index contributed by atoms with van der Waals surface area (Å²) < 4.78 is 47.5. The summed E-state index contributed by atoms with van der Waals surface area (Å²) in [6, 6.07) is 10.5. The highest BCUT2D eigenvalue weighted by Crippen LogP contribution is 2.29. The lowest BCUT2D eigenvalue weighted by Gasteiger charge is -2.41. The minimum atomic E-state index is -5.25. The zero-order valence-corrected chi connectivity index (χ0v) is 17.2. The van der Waals surface area contributed by atoms with Crippen molar-refractivity contribution in [2.75, 3.05) is 6.61 Å². The minimum absolute atomic E-state index is 0.0270. The van der Waals surface area contributed by atoms with E-state index in [1.807, 2.05) is 0 Å². The molecule has 5 N–H and O–H groups in total. The van der Waals surface area contributed by atoms with Crippen molar-refractivity contribution in [2.45, 2.75) is 30.7 Å². The number of ether oxygens (including phenoxy) is 2. The second-order valence-corrected chi connectivity index (χ2v) is 7.99. The molecule has 0 bridgehead atoms. The van der Waals surface area contributed by atoms with Gasteiger partial charge < -0.3 is 39.6 Å². The molecule has 0 unspecified atom stereocenters. The van der Waals surface area contributed by atoms with Crippen molar-refractivity contribution in [1.82, 2.24) is 0 Å². The molecule has 0 amide bonds. The average Bonchev–Trinajstić information content (AvgIpc) is 2.72. The third-order valence-corrected chi connectivity index (χ3v) is 5.03. The number of phenolic OH excluding ortho intramolecular Hbond substituents is 2. The maximum Gasteiger partial charge on any atom is 0.229 e. The van der Waals surface area contributed by atoms with Gasteiger partial charge in [-0.15, -0.1) is 0 Å². The largest absolute Gasteiger partial charge is 0.726 e. The van der Waals surface area contributed by atoms with Gasteiger partial charge in [0, 0.05) is 6.07 Å². The first-order valence-electron chi connectivity index (χ1n) is 9.30. The monoisotopic (exact) mass is 469 g/mol. The standard InChI is InChI=1S/C20H22O11S/c21-10-16-19(31-32(26,27)28)17(24)18(25)20(30-16)29-15-8-12(7-14(23)9-15)2-1-11-3-5-13(22)6-4-11/h1-9,16-25H,10H2,(H,26,27,28)/p-1/b2-1-/t16-,17-,18-,19-,20-/m1/s1. The van der Waals surface area contributed by atoms with E-state index in [-0.39, 0.29) is 17.2 Å². The van der Waals surface area contributed by atoms with Crippen LogP contribution in [0.2, 0.25) is 0 Å². The van der Waals surface area contributed by atoms with E-state index >= 15 is 0 Å². The summed E-state index contributed by atoms with van der Waals surface area (Å²) in [7, 11) is -5.25. The van der Waals surface area contributed by atoms with Crippen LogP contribution < -0.4 is 4.74 Å². The van der Waals surface area contributed by atoms with Gasteiger partial charge in [-0.05, 0) is 35.4 Å². The molecule has 2 aromatic rings. The average molecular weight is 469 g/mol. The van der Waals surface area contributed by atoms with Crippen LogP contribution >= 0.6 is 0 Å². The van der Waals surface area contributed by atoms with Gasteiger partial charge in [-0.1, -0.05) is 24.3 Å². The fourth-order valence-corrected chi connectivity index (χ4v) is 3.60. The molecule has 2 aromatic carbocycles. The minimum Gasteiger partial charge on any atom is -0.726 e. The summed E-state index contributed by atoms with van der Waals surface area (Å²) in [6.07, 6.45) is -5.33. The lowest BCUT2D eigenvalue weighted by molar-refractivity contribution is -0.272. The summed E-state index contributed by atoms with van der Waals surface area (Å²) in [5, 5.41) is 49.1. The summed E-state index contributed by atoms with van der Waals surface area (Å²) in [5.74, 6) is -0.0414. The summed E-state index contributed by atoms with van der Waals surface area (Å²) in [5.41, 5.74) is 1.27. The van der Waals surface area contributed by atoms with Gasteiger partial charge in [0.05, 0.1) is 6.61 Å². The van der Waals surface area contributed by atoms with E-state index in [0.29, 0.717) is 5.56 Å². The van der Waals surface area contributed by atoms with Gasteiger partial charge in [0.2, 0.25) is 16.7 Å². The van der Waals surface area contributed by atoms with Gasteiger partial charge in [-0.3, -0.25) is 4.18 Å². The van der Waals surface area contributed by atoms with Crippen molar-refractivity contribution in [3.63, 3.8) is 0 Å². The second kappa shape index (κ2) is 9.83. The Kier molecular flexibility index (Phi) is 7.36. The molecule has 0 spiro atoms. The van der Waals surface area contributed by atoms with Crippen molar-refractivity contribution in [3.8, 4) is 17.2 Å². The molecule has 11 nitrogen and oxygen atoms in total. The first kappa shape index (κ1) is 23.9. The Balaban J connectivity index is 1.77. The van der Waals surface area contributed by atoms with Crippen LogP contribution in [0, 0.1) is 0 Å². The molecule has 5 atom stereocenters. The number of aliphatic hydroxyl groups excluding tert-OH is 3. The molecule has 1 heterocycles. The highest BCUT2D eigenvalue weighted by Gasteiger charge is 2.47. The molecule has 0 saturated carbocycles. The van der Waals surface area contributed by atoms with E-state index < -0.39 is 47.7 Å². The van der Waals surface area contributed by atoms with Crippen molar-refractivity contribution in [2.24, 2.45) is 0 Å². The quantitative estimate of drug-likeness (QED) is 0.208. The fraction of sp³-hybridized carbons (Fsp3) is 0.300. The summed E-state index contributed by atoms with van der Waals surface area (Å²) >= 11 is 0. The second-order valence-electron chi connectivity index (χ2n) is 6.98. The van der Waals surface area contributed by atoms with Crippen molar-refractivity contribution in [3.05, 3.63) is 53.6 Å². The maximum atomic E-state index is 10.9. The van der Waals surface area contributed by atoms with E-state index in [9.17, 15) is 38.5 Å². The molecular formula is C20H21O11S-. The van der Waals surface area contributed by atoms with E-state index in [1.54, 1.807) is 24.3 Å². The molecular weight excluding hydrogens is 448 g/mol. The smallest absolute Gasteiger partial charge is 0.229 e. The Bertz CT molecular complexity index is 1050. The third-order valence-electron chi connectivity index (χ3n) is 4.58. The number of phenols is 2. The van der Waals surface area contributed by atoms with E-state index in [0.717, 1.165) is 5.56 Å². The Morgan fingerprint density at radius 1 is 0.969 bits per heavy atom. The Hall–Kier alpha value is -2.71. The molecule has 1 aliphatic heterocycles. The fourth-order valence-electron chi connectivity index (χ4n) is 3.09. The van der Waals surface area contributed by atoms with Gasteiger partial charge in [0.15, 0.2) is 0 Å². The molecule has 1 fully saturated rings. The number of hydrogen-bond acceptors (Lipinski definition) is 11. The molecule has 12 heteroatoms. The number of aromatic hydroxyl groups is 2. The Labute approximate surface area is 183 Å². The number of benzene rings is 2.